The lowest BCUT2D eigenvalue weighted by Crippen LogP contribution is -2.28. The van der Waals surface area contributed by atoms with Crippen LogP contribution in [-0.2, 0) is 10.8 Å². The molecule has 3 nitrogen and oxygen atoms in total. The van der Waals surface area contributed by atoms with Crippen LogP contribution >= 0.6 is 0 Å². The number of allylic oxidation sites excluding steroid dienone is 8. The molecule has 0 radical (unpaired) electrons. The van der Waals surface area contributed by atoms with Crippen molar-refractivity contribution in [1.82, 2.24) is 15.0 Å². The second kappa shape index (κ2) is 11.1. The van der Waals surface area contributed by atoms with E-state index in [0.29, 0.717) is 11.6 Å². The van der Waals surface area contributed by atoms with Crippen LogP contribution in [0.1, 0.15) is 62.5 Å². The van der Waals surface area contributed by atoms with E-state index in [1.807, 2.05) is 18.2 Å². The highest BCUT2D eigenvalue weighted by Gasteiger charge is 2.49. The van der Waals surface area contributed by atoms with Gasteiger partial charge in [-0.25, -0.2) is 15.0 Å². The summed E-state index contributed by atoms with van der Waals surface area (Å²) in [5.41, 5.74) is 8.96. The number of fused-ring (bicyclic) bond motifs is 5. The smallest absolute Gasteiger partial charge is 0.164 e. The summed E-state index contributed by atoms with van der Waals surface area (Å²) in [5.74, 6) is 2.57. The molecule has 6 aromatic rings. The van der Waals surface area contributed by atoms with E-state index in [-0.39, 0.29) is 22.7 Å². The van der Waals surface area contributed by atoms with Crippen LogP contribution in [0.3, 0.4) is 0 Å². The Hall–Kier alpha value is -5.41. The molecule has 0 saturated heterocycles. The zero-order valence-electron chi connectivity index (χ0n) is 28.5. The molecule has 9 rings (SSSR count). The Morgan fingerprint density at radius 2 is 1.16 bits per heavy atom. The molecule has 3 aliphatic rings. The van der Waals surface area contributed by atoms with Crippen LogP contribution in [0.5, 0.6) is 0 Å². The van der Waals surface area contributed by atoms with E-state index in [1.54, 1.807) is 0 Å². The summed E-state index contributed by atoms with van der Waals surface area (Å²) in [7, 11) is 0. The molecule has 1 heterocycles. The lowest BCUT2D eigenvalue weighted by Gasteiger charge is -2.35. The Labute approximate surface area is 288 Å². The van der Waals surface area contributed by atoms with E-state index >= 15 is 0 Å². The first kappa shape index (κ1) is 29.7. The summed E-state index contributed by atoms with van der Waals surface area (Å²) >= 11 is 0. The minimum Gasteiger partial charge on any atom is -0.212 e. The fourth-order valence-electron chi connectivity index (χ4n) is 8.84. The maximum atomic E-state index is 5.31. The first-order valence-electron chi connectivity index (χ1n) is 17.5. The van der Waals surface area contributed by atoms with Gasteiger partial charge >= 0.3 is 0 Å². The van der Waals surface area contributed by atoms with Crippen molar-refractivity contribution in [2.45, 2.75) is 50.9 Å². The monoisotopic (exact) mass is 633 g/mol. The van der Waals surface area contributed by atoms with Crippen molar-refractivity contribution in [3.8, 4) is 22.8 Å². The summed E-state index contributed by atoms with van der Waals surface area (Å²) in [4.78, 5) is 15.6. The second-order valence-corrected chi connectivity index (χ2v) is 14.6. The van der Waals surface area contributed by atoms with Crippen molar-refractivity contribution in [2.75, 3.05) is 0 Å². The minimum absolute atomic E-state index is 0.00977. The summed E-state index contributed by atoms with van der Waals surface area (Å²) < 4.78 is 0. The van der Waals surface area contributed by atoms with Crippen molar-refractivity contribution in [3.63, 3.8) is 0 Å². The molecule has 0 N–H and O–H groups in total. The van der Waals surface area contributed by atoms with Crippen LogP contribution in [0.2, 0.25) is 0 Å². The summed E-state index contributed by atoms with van der Waals surface area (Å²) in [6.45, 7) is 9.45. The largest absolute Gasteiger partial charge is 0.212 e. The molecule has 3 aliphatic carbocycles. The summed E-state index contributed by atoms with van der Waals surface area (Å²) in [6.07, 6.45) is 14.6. The second-order valence-electron chi connectivity index (χ2n) is 14.6. The van der Waals surface area contributed by atoms with Gasteiger partial charge in [-0.05, 0) is 61.7 Å². The number of benzene rings is 5. The topological polar surface area (TPSA) is 38.7 Å². The molecular formula is C46H39N3. The number of nitrogens with zero attached hydrogens (tertiary/aromatic N) is 3. The Kier molecular flexibility index (Phi) is 6.71. The van der Waals surface area contributed by atoms with Crippen molar-refractivity contribution in [2.24, 2.45) is 5.92 Å². The Morgan fingerprint density at radius 1 is 0.592 bits per heavy atom. The van der Waals surface area contributed by atoms with Crippen molar-refractivity contribution in [1.29, 1.82) is 0 Å². The Bertz CT molecular complexity index is 2370. The highest BCUT2D eigenvalue weighted by molar-refractivity contribution is 6.19. The third-order valence-corrected chi connectivity index (χ3v) is 11.3. The summed E-state index contributed by atoms with van der Waals surface area (Å²) in [5, 5.41) is 4.74. The van der Waals surface area contributed by atoms with E-state index in [0.717, 1.165) is 34.1 Å². The van der Waals surface area contributed by atoms with Gasteiger partial charge in [0.05, 0.1) is 0 Å². The molecule has 238 valence electrons. The number of hydrogen-bond acceptors (Lipinski definition) is 3. The van der Waals surface area contributed by atoms with Crippen LogP contribution in [0, 0.1) is 5.92 Å². The molecule has 1 aromatic heterocycles. The normalized spacial score (nSPS) is 22.1. The van der Waals surface area contributed by atoms with Gasteiger partial charge in [0.15, 0.2) is 11.6 Å². The maximum Gasteiger partial charge on any atom is 0.164 e. The van der Waals surface area contributed by atoms with Gasteiger partial charge in [-0.3, -0.25) is 0 Å². The van der Waals surface area contributed by atoms with Gasteiger partial charge in [0, 0.05) is 27.9 Å². The van der Waals surface area contributed by atoms with Gasteiger partial charge < -0.3 is 0 Å². The van der Waals surface area contributed by atoms with Crippen molar-refractivity contribution in [3.05, 3.63) is 168 Å². The molecule has 5 aromatic carbocycles. The highest BCUT2D eigenvalue weighted by atomic mass is 15.0. The van der Waals surface area contributed by atoms with E-state index in [4.69, 9.17) is 15.0 Å². The molecule has 0 fully saturated rings. The lowest BCUT2D eigenvalue weighted by atomic mass is 9.68. The molecular weight excluding hydrogens is 595 g/mol. The standard InChI is InChI=1S/C46H39N3/c1-29-16-8-9-19-32(29)43-47-42(30-17-6-5-7-18-30)48-44(49-43)41-35-22-12-10-20-33(35)40(34-21-11-13-23-36(34)41)31-26-27-46(4)38-25-15-14-24-37(38)45(2,3)39(46)28-31/h5-26,28-29,32H,27H2,1-4H3. The fourth-order valence-corrected chi connectivity index (χ4v) is 8.84. The molecule has 0 saturated carbocycles. The SMILES string of the molecule is CC1C=CC=CC1c1nc(-c2ccccc2)nc(-c2c3ccccc3c(C3=CCC4(C)C(=C3)C(C)(C)c3ccccc34)c3ccccc23)n1. The van der Waals surface area contributed by atoms with Crippen LogP contribution in [0.15, 0.2) is 145 Å². The predicted octanol–water partition coefficient (Wildman–Crippen LogP) is 11.3. The van der Waals surface area contributed by atoms with Gasteiger partial charge in [-0.1, -0.05) is 167 Å². The average molecular weight is 634 g/mol. The summed E-state index contributed by atoms with van der Waals surface area (Å²) in [6, 6.07) is 37.0. The molecule has 0 bridgehead atoms. The molecule has 3 heteroatoms. The predicted molar refractivity (Wildman–Crippen MR) is 203 cm³/mol. The van der Waals surface area contributed by atoms with Gasteiger partial charge in [0.25, 0.3) is 0 Å². The van der Waals surface area contributed by atoms with E-state index < -0.39 is 0 Å². The van der Waals surface area contributed by atoms with Crippen molar-refractivity contribution >= 4 is 27.1 Å². The number of rotatable bonds is 4. The van der Waals surface area contributed by atoms with Crippen LogP contribution in [0.25, 0.3) is 49.9 Å². The molecule has 49 heavy (non-hydrogen) atoms. The highest BCUT2D eigenvalue weighted by Crippen LogP contribution is 2.58. The molecule has 0 amide bonds. The first-order chi connectivity index (χ1) is 23.8. The zero-order chi connectivity index (χ0) is 33.3. The van der Waals surface area contributed by atoms with Crippen LogP contribution < -0.4 is 0 Å². The minimum atomic E-state index is -0.0502. The van der Waals surface area contributed by atoms with E-state index in [9.17, 15) is 0 Å². The fraction of sp³-hybridized carbons (Fsp3) is 0.196. The van der Waals surface area contributed by atoms with Crippen LogP contribution in [-0.4, -0.2) is 15.0 Å². The molecule has 3 atom stereocenters. The third-order valence-electron chi connectivity index (χ3n) is 11.3. The average Bonchev–Trinajstić information content (AvgIpc) is 3.32. The lowest BCUT2D eigenvalue weighted by molar-refractivity contribution is 0.513. The van der Waals surface area contributed by atoms with Crippen LogP contribution in [0.4, 0.5) is 0 Å². The van der Waals surface area contributed by atoms with Gasteiger partial charge in [-0.2, -0.15) is 0 Å². The van der Waals surface area contributed by atoms with E-state index in [1.165, 1.54) is 38.6 Å². The molecule has 3 unspecified atom stereocenters. The van der Waals surface area contributed by atoms with Gasteiger partial charge in [-0.15, -0.1) is 0 Å². The number of aromatic nitrogens is 3. The zero-order valence-corrected chi connectivity index (χ0v) is 28.5. The maximum absolute atomic E-state index is 5.31. The molecule has 0 spiro atoms. The number of hydrogen-bond donors (Lipinski definition) is 0. The van der Waals surface area contributed by atoms with E-state index in [2.05, 4.69) is 149 Å². The quantitative estimate of drug-likeness (QED) is 0.181. The first-order valence-corrected chi connectivity index (χ1v) is 17.5. The molecule has 0 aliphatic heterocycles. The Morgan fingerprint density at radius 3 is 1.84 bits per heavy atom. The van der Waals surface area contributed by atoms with Gasteiger partial charge in [0.1, 0.15) is 5.82 Å². The van der Waals surface area contributed by atoms with Gasteiger partial charge in [0.2, 0.25) is 0 Å². The van der Waals surface area contributed by atoms with Crippen molar-refractivity contribution < 1.29 is 0 Å². The third kappa shape index (κ3) is 4.52. The Balaban J connectivity index is 1.30.